The zero-order valence-corrected chi connectivity index (χ0v) is 12.0. The maximum Gasteiger partial charge on any atom is 0.307 e. The summed E-state index contributed by atoms with van der Waals surface area (Å²) in [7, 11) is 0. The number of carboxylic acids is 1. The summed E-state index contributed by atoms with van der Waals surface area (Å²) >= 11 is 0. The Morgan fingerprint density at radius 2 is 1.90 bits per heavy atom. The third kappa shape index (κ3) is 4.46. The van der Waals surface area contributed by atoms with Gasteiger partial charge in [0.2, 0.25) is 5.91 Å². The highest BCUT2D eigenvalue weighted by atomic mass is 16.5. The van der Waals surface area contributed by atoms with Crippen molar-refractivity contribution in [2.24, 2.45) is 11.8 Å². The number of carbonyl (C=O) groups is 2. The molecule has 0 aromatic heterocycles. The smallest absolute Gasteiger partial charge is 0.307 e. The van der Waals surface area contributed by atoms with Gasteiger partial charge in [-0.05, 0) is 44.5 Å². The fourth-order valence-electron chi connectivity index (χ4n) is 1.89. The fourth-order valence-corrected chi connectivity index (χ4v) is 1.89. The molecule has 1 fully saturated rings. The lowest BCUT2D eigenvalue weighted by Gasteiger charge is -2.17. The lowest BCUT2D eigenvalue weighted by atomic mass is 10.2. The number of carboxylic acid groups (broad SMARTS) is 1. The third-order valence-corrected chi connectivity index (χ3v) is 3.16. The summed E-state index contributed by atoms with van der Waals surface area (Å²) in [6.07, 6.45) is 0.397. The number of ether oxygens (including phenoxy) is 1. The van der Waals surface area contributed by atoms with Crippen LogP contribution >= 0.6 is 0 Å². The molecular formula is C15H19NO5. The van der Waals surface area contributed by atoms with Gasteiger partial charge in [-0.2, -0.15) is 0 Å². The molecule has 1 aromatic carbocycles. The molecule has 1 aliphatic rings. The molecule has 1 aromatic rings. The molecule has 2 unspecified atom stereocenters. The van der Waals surface area contributed by atoms with E-state index in [0.29, 0.717) is 17.9 Å². The first-order chi connectivity index (χ1) is 9.76. The number of amides is 1. The van der Waals surface area contributed by atoms with Crippen LogP contribution in [0.2, 0.25) is 0 Å². The molecule has 6 heteroatoms. The Hall–Kier alpha value is -2.08. The molecule has 0 aliphatic heterocycles. The summed E-state index contributed by atoms with van der Waals surface area (Å²) in [5.74, 6) is -1.60. The monoisotopic (exact) mass is 293 g/mol. The van der Waals surface area contributed by atoms with Crippen molar-refractivity contribution in [3.8, 4) is 5.75 Å². The summed E-state index contributed by atoms with van der Waals surface area (Å²) in [5.41, 5.74) is -0.323. The van der Waals surface area contributed by atoms with Crippen LogP contribution in [0.3, 0.4) is 0 Å². The average Bonchev–Trinajstić information content (AvgIpc) is 3.17. The molecular weight excluding hydrogens is 274 g/mol. The van der Waals surface area contributed by atoms with Gasteiger partial charge in [0.15, 0.2) is 0 Å². The Bertz CT molecular complexity index is 532. The van der Waals surface area contributed by atoms with Crippen molar-refractivity contribution in [2.75, 3.05) is 11.9 Å². The molecule has 0 bridgehead atoms. The largest absolute Gasteiger partial charge is 0.491 e. The van der Waals surface area contributed by atoms with Crippen molar-refractivity contribution in [3.63, 3.8) is 0 Å². The van der Waals surface area contributed by atoms with Crippen LogP contribution in [0.15, 0.2) is 24.3 Å². The number of hydrogen-bond acceptors (Lipinski definition) is 4. The number of aliphatic carboxylic acids is 1. The normalized spacial score (nSPS) is 20.7. The summed E-state index contributed by atoms with van der Waals surface area (Å²) in [6, 6.07) is 6.72. The number of aliphatic hydroxyl groups is 1. The maximum absolute atomic E-state index is 11.8. The minimum atomic E-state index is -0.925. The van der Waals surface area contributed by atoms with Gasteiger partial charge < -0.3 is 20.3 Å². The van der Waals surface area contributed by atoms with Crippen LogP contribution in [0.25, 0.3) is 0 Å². The molecule has 3 N–H and O–H groups in total. The second-order valence-electron chi connectivity index (χ2n) is 5.90. The van der Waals surface area contributed by atoms with E-state index in [1.54, 1.807) is 38.1 Å². The highest BCUT2D eigenvalue weighted by Gasteiger charge is 2.48. The first kappa shape index (κ1) is 15.3. The fraction of sp³-hybridized carbons (Fsp3) is 0.467. The van der Waals surface area contributed by atoms with E-state index in [-0.39, 0.29) is 12.5 Å². The molecule has 21 heavy (non-hydrogen) atoms. The molecule has 0 radical (unpaired) electrons. The van der Waals surface area contributed by atoms with E-state index in [2.05, 4.69) is 5.32 Å². The molecule has 1 aliphatic carbocycles. The minimum Gasteiger partial charge on any atom is -0.491 e. The molecule has 2 atom stereocenters. The van der Waals surface area contributed by atoms with Crippen molar-refractivity contribution >= 4 is 17.6 Å². The Balaban J connectivity index is 1.85. The Morgan fingerprint density at radius 3 is 2.38 bits per heavy atom. The van der Waals surface area contributed by atoms with Gasteiger partial charge in [0, 0.05) is 5.69 Å². The van der Waals surface area contributed by atoms with Crippen LogP contribution in [0.5, 0.6) is 5.75 Å². The number of benzene rings is 1. The second kappa shape index (κ2) is 5.73. The van der Waals surface area contributed by atoms with Crippen molar-refractivity contribution < 1.29 is 24.5 Å². The molecule has 1 amide bonds. The Labute approximate surface area is 122 Å². The number of hydrogen-bond donors (Lipinski definition) is 3. The lowest BCUT2D eigenvalue weighted by Crippen LogP contribution is -2.27. The summed E-state index contributed by atoms with van der Waals surface area (Å²) in [6.45, 7) is 3.47. The topological polar surface area (TPSA) is 95.9 Å². The van der Waals surface area contributed by atoms with E-state index in [4.69, 9.17) is 9.84 Å². The van der Waals surface area contributed by atoms with E-state index >= 15 is 0 Å². The molecule has 2 rings (SSSR count). The molecule has 1 saturated carbocycles. The zero-order valence-electron chi connectivity index (χ0n) is 12.0. The van der Waals surface area contributed by atoms with Crippen LogP contribution in [0, 0.1) is 11.8 Å². The van der Waals surface area contributed by atoms with E-state index in [1.807, 2.05) is 0 Å². The van der Waals surface area contributed by atoms with Crippen LogP contribution in [-0.2, 0) is 9.59 Å². The van der Waals surface area contributed by atoms with Crippen molar-refractivity contribution in [1.82, 2.24) is 0 Å². The van der Waals surface area contributed by atoms with Gasteiger partial charge >= 0.3 is 5.97 Å². The highest BCUT2D eigenvalue weighted by Crippen LogP contribution is 2.39. The van der Waals surface area contributed by atoms with Gasteiger partial charge in [-0.25, -0.2) is 0 Å². The molecule has 6 nitrogen and oxygen atoms in total. The van der Waals surface area contributed by atoms with E-state index in [0.717, 1.165) is 0 Å². The van der Waals surface area contributed by atoms with Gasteiger partial charge in [-0.15, -0.1) is 0 Å². The summed E-state index contributed by atoms with van der Waals surface area (Å²) < 4.78 is 5.40. The number of anilines is 1. The zero-order chi connectivity index (χ0) is 15.6. The van der Waals surface area contributed by atoms with Crippen LogP contribution in [-0.4, -0.2) is 34.3 Å². The van der Waals surface area contributed by atoms with Crippen LogP contribution in [0.4, 0.5) is 5.69 Å². The van der Waals surface area contributed by atoms with E-state index in [1.165, 1.54) is 0 Å². The molecule has 0 spiro atoms. The lowest BCUT2D eigenvalue weighted by molar-refractivity contribution is -0.139. The molecule has 0 heterocycles. The van der Waals surface area contributed by atoms with Crippen molar-refractivity contribution in [2.45, 2.75) is 25.9 Å². The highest BCUT2D eigenvalue weighted by molar-refractivity contribution is 5.98. The van der Waals surface area contributed by atoms with Gasteiger partial charge in [0.05, 0.1) is 17.4 Å². The van der Waals surface area contributed by atoms with Crippen LogP contribution in [0.1, 0.15) is 20.3 Å². The molecule has 114 valence electrons. The maximum atomic E-state index is 11.8. The minimum absolute atomic E-state index is 0.168. The van der Waals surface area contributed by atoms with Gasteiger partial charge in [-0.1, -0.05) is 0 Å². The number of carbonyl (C=O) groups excluding carboxylic acids is 1. The Morgan fingerprint density at radius 1 is 1.29 bits per heavy atom. The third-order valence-electron chi connectivity index (χ3n) is 3.16. The van der Waals surface area contributed by atoms with Gasteiger partial charge in [0.1, 0.15) is 12.4 Å². The number of nitrogens with one attached hydrogen (secondary N) is 1. The summed E-state index contributed by atoms with van der Waals surface area (Å²) in [4.78, 5) is 22.5. The van der Waals surface area contributed by atoms with Crippen LogP contribution < -0.4 is 10.1 Å². The summed E-state index contributed by atoms with van der Waals surface area (Å²) in [5, 5.41) is 21.0. The first-order valence-corrected chi connectivity index (χ1v) is 6.75. The van der Waals surface area contributed by atoms with E-state index < -0.39 is 23.4 Å². The van der Waals surface area contributed by atoms with Crippen molar-refractivity contribution in [1.29, 1.82) is 0 Å². The van der Waals surface area contributed by atoms with Gasteiger partial charge in [0.25, 0.3) is 0 Å². The second-order valence-corrected chi connectivity index (χ2v) is 5.90. The van der Waals surface area contributed by atoms with Gasteiger partial charge in [-0.3, -0.25) is 9.59 Å². The predicted octanol–water partition coefficient (Wildman–Crippen LogP) is 1.50. The predicted molar refractivity (Wildman–Crippen MR) is 76.1 cm³/mol. The SMILES string of the molecule is CC(C)(O)COc1ccc(NC(=O)C2CC2C(=O)O)cc1. The Kier molecular flexibility index (Phi) is 4.18. The number of rotatable bonds is 6. The average molecular weight is 293 g/mol. The first-order valence-electron chi connectivity index (χ1n) is 6.75. The standard InChI is InChI=1S/C15H19NO5/c1-15(2,20)8-21-10-5-3-9(4-6-10)16-13(17)11-7-12(11)14(18)19/h3-6,11-12,20H,7-8H2,1-2H3,(H,16,17)(H,18,19). The van der Waals surface area contributed by atoms with E-state index in [9.17, 15) is 14.7 Å². The quantitative estimate of drug-likeness (QED) is 0.738. The van der Waals surface area contributed by atoms with Crippen molar-refractivity contribution in [3.05, 3.63) is 24.3 Å². The molecule has 0 saturated heterocycles.